The van der Waals surface area contributed by atoms with Crippen LogP contribution in [0.25, 0.3) is 0 Å². The molecule has 2 fully saturated rings. The first-order valence-electron chi connectivity index (χ1n) is 8.03. The molecular weight excluding hydrogens is 238 g/mol. The number of likely N-dealkylation sites (tertiary alicyclic amines) is 1. The van der Waals surface area contributed by atoms with Gasteiger partial charge in [0.1, 0.15) is 0 Å². The van der Waals surface area contributed by atoms with Crippen LogP contribution in [0.15, 0.2) is 0 Å². The average molecular weight is 269 g/mol. The van der Waals surface area contributed by atoms with Crippen molar-refractivity contribution < 1.29 is 4.74 Å². The van der Waals surface area contributed by atoms with Crippen molar-refractivity contribution in [1.82, 2.24) is 14.7 Å². The van der Waals surface area contributed by atoms with Crippen molar-refractivity contribution >= 4 is 0 Å². The predicted octanol–water partition coefficient (Wildman–Crippen LogP) is 1.12. The number of nitrogens with zero attached hydrogens (tertiary/aromatic N) is 3. The van der Waals surface area contributed by atoms with Crippen LogP contribution in [0.4, 0.5) is 0 Å². The number of ether oxygens (including phenoxy) is 1. The standard InChI is InChI=1S/C15H31N3O/c1-3-6-17-9-11-18(12-10-17)13-14-19-15-4-7-16(2)8-5-15/h15H,3-14H2,1-2H3. The van der Waals surface area contributed by atoms with E-state index in [1.807, 2.05) is 0 Å². The van der Waals surface area contributed by atoms with Gasteiger partial charge in [-0.3, -0.25) is 4.90 Å². The lowest BCUT2D eigenvalue weighted by molar-refractivity contribution is -0.00255. The molecule has 0 unspecified atom stereocenters. The molecule has 4 nitrogen and oxygen atoms in total. The van der Waals surface area contributed by atoms with E-state index in [1.165, 1.54) is 65.1 Å². The summed E-state index contributed by atoms with van der Waals surface area (Å²) in [6.07, 6.45) is 4.21. The van der Waals surface area contributed by atoms with E-state index in [2.05, 4.69) is 28.7 Å². The average Bonchev–Trinajstić information content (AvgIpc) is 2.43. The SMILES string of the molecule is CCCN1CCN(CCOC2CCN(C)CC2)CC1. The van der Waals surface area contributed by atoms with E-state index in [4.69, 9.17) is 4.74 Å². The first kappa shape index (κ1) is 15.2. The van der Waals surface area contributed by atoms with Crippen LogP contribution in [-0.4, -0.2) is 86.8 Å². The molecule has 2 aliphatic rings. The number of hydrogen-bond donors (Lipinski definition) is 0. The van der Waals surface area contributed by atoms with Gasteiger partial charge >= 0.3 is 0 Å². The Morgan fingerprint density at radius 1 is 0.895 bits per heavy atom. The third-order valence-electron chi connectivity index (χ3n) is 4.43. The maximum absolute atomic E-state index is 6.03. The molecule has 0 aromatic carbocycles. The molecule has 0 aromatic rings. The summed E-state index contributed by atoms with van der Waals surface area (Å²) in [5.41, 5.74) is 0. The molecular formula is C15H31N3O. The number of hydrogen-bond acceptors (Lipinski definition) is 4. The molecule has 0 spiro atoms. The fraction of sp³-hybridized carbons (Fsp3) is 1.00. The van der Waals surface area contributed by atoms with Gasteiger partial charge in [0, 0.05) is 45.8 Å². The Kier molecular flexibility index (Phi) is 6.57. The third kappa shape index (κ3) is 5.38. The minimum Gasteiger partial charge on any atom is -0.377 e. The monoisotopic (exact) mass is 269 g/mol. The topological polar surface area (TPSA) is 19.0 Å². The summed E-state index contributed by atoms with van der Waals surface area (Å²) in [7, 11) is 2.20. The van der Waals surface area contributed by atoms with Crippen molar-refractivity contribution in [3.63, 3.8) is 0 Å². The van der Waals surface area contributed by atoms with Crippen LogP contribution < -0.4 is 0 Å². The van der Waals surface area contributed by atoms with Crippen LogP contribution in [0.3, 0.4) is 0 Å². The highest BCUT2D eigenvalue weighted by Gasteiger charge is 2.18. The lowest BCUT2D eigenvalue weighted by atomic mass is 10.1. The van der Waals surface area contributed by atoms with Crippen molar-refractivity contribution in [2.75, 3.05) is 66.0 Å². The first-order chi connectivity index (χ1) is 9.28. The lowest BCUT2D eigenvalue weighted by Crippen LogP contribution is -2.47. The molecule has 0 aliphatic carbocycles. The van der Waals surface area contributed by atoms with Crippen molar-refractivity contribution in [1.29, 1.82) is 0 Å². The molecule has 0 radical (unpaired) electrons. The molecule has 0 amide bonds. The summed E-state index contributed by atoms with van der Waals surface area (Å²) in [6.45, 7) is 12.9. The highest BCUT2D eigenvalue weighted by atomic mass is 16.5. The van der Waals surface area contributed by atoms with Gasteiger partial charge in [-0.1, -0.05) is 6.92 Å². The van der Waals surface area contributed by atoms with Gasteiger partial charge in [-0.2, -0.15) is 0 Å². The van der Waals surface area contributed by atoms with E-state index in [-0.39, 0.29) is 0 Å². The van der Waals surface area contributed by atoms with E-state index in [1.54, 1.807) is 0 Å². The Morgan fingerprint density at radius 3 is 2.05 bits per heavy atom. The van der Waals surface area contributed by atoms with E-state index in [0.29, 0.717) is 6.10 Å². The molecule has 0 aromatic heterocycles. The van der Waals surface area contributed by atoms with Gasteiger partial charge in [0.15, 0.2) is 0 Å². The number of piperazine rings is 1. The molecule has 0 atom stereocenters. The highest BCUT2D eigenvalue weighted by Crippen LogP contribution is 2.12. The van der Waals surface area contributed by atoms with Gasteiger partial charge in [-0.25, -0.2) is 0 Å². The Labute approximate surface area is 118 Å². The van der Waals surface area contributed by atoms with Crippen LogP contribution in [0, 0.1) is 0 Å². The van der Waals surface area contributed by atoms with Gasteiger partial charge in [-0.05, 0) is 32.9 Å². The quantitative estimate of drug-likeness (QED) is 0.719. The molecule has 0 saturated carbocycles. The van der Waals surface area contributed by atoms with Crippen molar-refractivity contribution in [3.8, 4) is 0 Å². The molecule has 2 rings (SSSR count). The highest BCUT2D eigenvalue weighted by molar-refractivity contribution is 4.73. The Bertz CT molecular complexity index is 234. The minimum absolute atomic E-state index is 0.512. The molecule has 0 N–H and O–H groups in total. The minimum atomic E-state index is 0.512. The van der Waals surface area contributed by atoms with Gasteiger partial charge < -0.3 is 14.5 Å². The maximum Gasteiger partial charge on any atom is 0.0600 e. The summed E-state index contributed by atoms with van der Waals surface area (Å²) in [4.78, 5) is 7.53. The van der Waals surface area contributed by atoms with Crippen molar-refractivity contribution in [2.24, 2.45) is 0 Å². The van der Waals surface area contributed by atoms with Gasteiger partial charge in [0.2, 0.25) is 0 Å². The second kappa shape index (κ2) is 8.20. The summed E-state index contributed by atoms with van der Waals surface area (Å²) in [6, 6.07) is 0. The van der Waals surface area contributed by atoms with Gasteiger partial charge in [-0.15, -0.1) is 0 Å². The molecule has 2 saturated heterocycles. The zero-order valence-electron chi connectivity index (χ0n) is 12.8. The summed E-state index contributed by atoms with van der Waals surface area (Å²) in [5.74, 6) is 0. The largest absolute Gasteiger partial charge is 0.377 e. The molecule has 2 aliphatic heterocycles. The Hall–Kier alpha value is -0.160. The van der Waals surface area contributed by atoms with E-state index < -0.39 is 0 Å². The van der Waals surface area contributed by atoms with E-state index >= 15 is 0 Å². The van der Waals surface area contributed by atoms with Crippen LogP contribution in [0.5, 0.6) is 0 Å². The van der Waals surface area contributed by atoms with Crippen molar-refractivity contribution in [2.45, 2.75) is 32.3 Å². The summed E-state index contributed by atoms with van der Waals surface area (Å²) < 4.78 is 6.03. The first-order valence-corrected chi connectivity index (χ1v) is 8.03. The number of rotatable bonds is 6. The molecule has 0 bridgehead atoms. The number of piperidine rings is 1. The zero-order chi connectivity index (χ0) is 13.5. The summed E-state index contributed by atoms with van der Waals surface area (Å²) >= 11 is 0. The van der Waals surface area contributed by atoms with E-state index in [0.717, 1.165) is 13.2 Å². The normalized spacial score (nSPS) is 24.9. The fourth-order valence-corrected chi connectivity index (χ4v) is 3.05. The third-order valence-corrected chi connectivity index (χ3v) is 4.43. The second-order valence-electron chi connectivity index (χ2n) is 6.06. The molecule has 2 heterocycles. The zero-order valence-corrected chi connectivity index (χ0v) is 12.8. The Balaban J connectivity index is 1.52. The van der Waals surface area contributed by atoms with Crippen molar-refractivity contribution in [3.05, 3.63) is 0 Å². The molecule has 19 heavy (non-hydrogen) atoms. The summed E-state index contributed by atoms with van der Waals surface area (Å²) in [5, 5.41) is 0. The van der Waals surface area contributed by atoms with Crippen LogP contribution in [-0.2, 0) is 4.74 Å². The lowest BCUT2D eigenvalue weighted by Gasteiger charge is -2.35. The molecule has 4 heteroatoms. The maximum atomic E-state index is 6.03. The van der Waals surface area contributed by atoms with Crippen LogP contribution in [0.2, 0.25) is 0 Å². The van der Waals surface area contributed by atoms with Gasteiger partial charge in [0.05, 0.1) is 12.7 Å². The van der Waals surface area contributed by atoms with Crippen LogP contribution in [0.1, 0.15) is 26.2 Å². The van der Waals surface area contributed by atoms with E-state index in [9.17, 15) is 0 Å². The predicted molar refractivity (Wildman–Crippen MR) is 79.6 cm³/mol. The molecule has 112 valence electrons. The van der Waals surface area contributed by atoms with Gasteiger partial charge in [0.25, 0.3) is 0 Å². The fourth-order valence-electron chi connectivity index (χ4n) is 3.05. The smallest absolute Gasteiger partial charge is 0.0600 e. The Morgan fingerprint density at radius 2 is 1.47 bits per heavy atom. The second-order valence-corrected chi connectivity index (χ2v) is 6.06. The van der Waals surface area contributed by atoms with Crippen LogP contribution >= 0.6 is 0 Å².